The van der Waals surface area contributed by atoms with Crippen molar-refractivity contribution in [1.82, 2.24) is 0 Å². The third-order valence-electron chi connectivity index (χ3n) is 1.91. The molecule has 0 unspecified atom stereocenters. The van der Waals surface area contributed by atoms with Crippen LogP contribution in [-0.2, 0) is 0 Å². The van der Waals surface area contributed by atoms with E-state index in [-0.39, 0.29) is 0 Å². The summed E-state index contributed by atoms with van der Waals surface area (Å²) < 4.78 is 0. The Morgan fingerprint density at radius 1 is 1.00 bits per heavy atom. The van der Waals surface area contributed by atoms with Gasteiger partial charge >= 0.3 is 0 Å². The Morgan fingerprint density at radius 2 is 1.65 bits per heavy atom. The number of hydrogen-bond donors (Lipinski definition) is 0. The molecule has 1 heteroatoms. The van der Waals surface area contributed by atoms with Gasteiger partial charge in [-0.3, -0.25) is 4.99 Å². The van der Waals surface area contributed by atoms with Gasteiger partial charge in [-0.1, -0.05) is 31.8 Å². The summed E-state index contributed by atoms with van der Waals surface area (Å²) >= 11 is 0. The number of nitrogens with zero attached hydrogens (tertiary/aromatic N) is 1. The average molecular weight is 255 g/mol. The van der Waals surface area contributed by atoms with Crippen LogP contribution in [0.25, 0.3) is 0 Å². The minimum atomic E-state index is 0.325. The number of aliphatic imine (C=N–C) groups is 1. The summed E-state index contributed by atoms with van der Waals surface area (Å²) in [6, 6.07) is 0. The van der Waals surface area contributed by atoms with Gasteiger partial charge in [0.1, 0.15) is 0 Å². The number of allylic oxidation sites excluding steroid dienone is 3. The van der Waals surface area contributed by atoms with Crippen molar-refractivity contribution < 1.29 is 0 Å². The van der Waals surface area contributed by atoms with Gasteiger partial charge in [-0.05, 0) is 65.4 Å². The second-order valence-corrected chi connectivity index (χ2v) is 4.03. The van der Waals surface area contributed by atoms with E-state index in [9.17, 15) is 0 Å². The molecule has 0 aromatic heterocycles. The lowest BCUT2D eigenvalue weighted by Crippen LogP contribution is -1.85. The molecule has 0 saturated carbocycles. The first-order chi connectivity index (χ1) is 9.79. The zero-order chi connectivity index (χ0) is 14.5. The van der Waals surface area contributed by atoms with Gasteiger partial charge in [-0.15, -0.1) is 0 Å². The smallest absolute Gasteiger partial charge is 0.0309 e. The normalized spacial score (nSPS) is 12.4. The summed E-state index contributed by atoms with van der Waals surface area (Å²) in [5.41, 5.74) is 1.07. The molecule has 0 fully saturated rings. The second-order valence-electron chi connectivity index (χ2n) is 4.03. The van der Waals surface area contributed by atoms with E-state index in [1.807, 2.05) is 19.9 Å². The molecule has 1 rings (SSSR count). The lowest BCUT2D eigenvalue weighted by atomic mass is 10.1. The van der Waals surface area contributed by atoms with Crippen molar-refractivity contribution in [1.29, 1.82) is 0 Å². The van der Waals surface area contributed by atoms with Gasteiger partial charge in [0.25, 0.3) is 0 Å². The van der Waals surface area contributed by atoms with Crippen LogP contribution in [0.3, 0.4) is 0 Å². The van der Waals surface area contributed by atoms with Crippen LogP contribution >= 0.6 is 0 Å². The van der Waals surface area contributed by atoms with Crippen molar-refractivity contribution in [3.63, 3.8) is 0 Å². The van der Waals surface area contributed by atoms with E-state index in [4.69, 9.17) is 0 Å². The predicted molar refractivity (Wildman–Crippen MR) is 84.1 cm³/mol. The second kappa shape index (κ2) is 9.93. The van der Waals surface area contributed by atoms with Crippen molar-refractivity contribution in [2.24, 2.45) is 10.9 Å². The third-order valence-corrected chi connectivity index (χ3v) is 1.91. The van der Waals surface area contributed by atoms with E-state index >= 15 is 0 Å². The first-order valence-corrected chi connectivity index (χ1v) is 6.17. The van der Waals surface area contributed by atoms with Crippen LogP contribution in [0, 0.1) is 65.1 Å². The van der Waals surface area contributed by atoms with Gasteiger partial charge in [0.15, 0.2) is 0 Å². The van der Waals surface area contributed by atoms with Crippen molar-refractivity contribution in [2.75, 3.05) is 0 Å². The third kappa shape index (κ3) is 8.10. The van der Waals surface area contributed by atoms with E-state index in [1.54, 1.807) is 18.5 Å². The van der Waals surface area contributed by atoms with Crippen LogP contribution in [0.5, 0.6) is 0 Å². The minimum Gasteiger partial charge on any atom is -0.265 e. The minimum absolute atomic E-state index is 0.325. The Labute approximate surface area is 121 Å². The Morgan fingerprint density at radius 3 is 2.25 bits per heavy atom. The fraction of sp³-hybridized carbons (Fsp3) is 0.211. The highest BCUT2D eigenvalue weighted by molar-refractivity contribution is 5.81. The number of hydrogen-bond acceptors (Lipinski definition) is 1. The average Bonchev–Trinajstić information content (AvgIpc) is 2.45. The maximum Gasteiger partial charge on any atom is 0.0309 e. The molecule has 1 aliphatic rings. The fourth-order valence-corrected chi connectivity index (χ4v) is 1.07. The molecule has 0 amide bonds. The Bertz CT molecular complexity index is 731. The lowest BCUT2D eigenvalue weighted by Gasteiger charge is -1.96. The quantitative estimate of drug-likeness (QED) is 0.590. The summed E-state index contributed by atoms with van der Waals surface area (Å²) in [6.07, 6.45) is 8.20. The molecule has 0 aliphatic carbocycles. The highest BCUT2D eigenvalue weighted by Gasteiger charge is 1.90. The fourth-order valence-electron chi connectivity index (χ4n) is 1.07. The maximum atomic E-state index is 4.01. The van der Waals surface area contributed by atoms with Gasteiger partial charge in [-0.2, -0.15) is 0 Å². The van der Waals surface area contributed by atoms with E-state index in [1.165, 1.54) is 0 Å². The van der Waals surface area contributed by atoms with Crippen LogP contribution in [0.15, 0.2) is 28.9 Å². The van der Waals surface area contributed by atoms with Gasteiger partial charge in [-0.25, -0.2) is 0 Å². The Hall–Kier alpha value is -3.05. The molecular formula is C19H13N. The van der Waals surface area contributed by atoms with Crippen LogP contribution in [-0.4, -0.2) is 6.21 Å². The molecular weight excluding hydrogens is 242 g/mol. The summed E-state index contributed by atoms with van der Waals surface area (Å²) in [7, 11) is 0. The molecule has 94 valence electrons. The summed E-state index contributed by atoms with van der Waals surface area (Å²) in [5, 5.41) is 0. The Kier molecular flexibility index (Phi) is 7.45. The first-order valence-electron chi connectivity index (χ1n) is 6.17. The molecule has 1 heterocycles. The molecule has 0 bridgehead atoms. The standard InChI is InChI=1S/C19H13N/c1-18(2)13-10-8-6-4-3-5-7-9-11-14-19-15-12-16-20-17-19/h12,14,16-18H,15H2,1-2H3. The molecule has 0 aromatic rings. The van der Waals surface area contributed by atoms with Crippen LogP contribution in [0.4, 0.5) is 0 Å². The SMILES string of the molecule is CC(C)C#CC#CC#CC#CC#CC=C1C=NC=CC1. The summed E-state index contributed by atoms with van der Waals surface area (Å²) in [4.78, 5) is 4.01. The van der Waals surface area contributed by atoms with Gasteiger partial charge in [0.05, 0.1) is 0 Å². The van der Waals surface area contributed by atoms with Crippen molar-refractivity contribution in [3.05, 3.63) is 23.9 Å². The lowest BCUT2D eigenvalue weighted by molar-refractivity contribution is 0.867. The summed E-state index contributed by atoms with van der Waals surface area (Å²) in [5.74, 6) is 27.2. The highest BCUT2D eigenvalue weighted by atomic mass is 14.7. The number of rotatable bonds is 0. The molecule has 0 atom stereocenters. The molecule has 1 nitrogen and oxygen atoms in total. The van der Waals surface area contributed by atoms with E-state index in [2.05, 4.69) is 64.2 Å². The van der Waals surface area contributed by atoms with E-state index < -0.39 is 0 Å². The van der Waals surface area contributed by atoms with Crippen molar-refractivity contribution >= 4 is 6.21 Å². The van der Waals surface area contributed by atoms with Crippen LogP contribution in [0.1, 0.15) is 20.3 Å². The predicted octanol–water partition coefficient (Wildman–Crippen LogP) is 2.57. The zero-order valence-corrected chi connectivity index (χ0v) is 11.5. The highest BCUT2D eigenvalue weighted by Crippen LogP contribution is 2.03. The first kappa shape index (κ1) is 15.0. The molecule has 20 heavy (non-hydrogen) atoms. The van der Waals surface area contributed by atoms with Gasteiger partial charge in [0, 0.05) is 18.3 Å². The molecule has 1 aliphatic heterocycles. The Balaban J connectivity index is 2.44. The monoisotopic (exact) mass is 255 g/mol. The molecule has 0 radical (unpaired) electrons. The van der Waals surface area contributed by atoms with Gasteiger partial charge in [0.2, 0.25) is 0 Å². The van der Waals surface area contributed by atoms with Crippen LogP contribution in [0.2, 0.25) is 0 Å². The van der Waals surface area contributed by atoms with Crippen molar-refractivity contribution in [2.45, 2.75) is 20.3 Å². The van der Waals surface area contributed by atoms with Crippen LogP contribution < -0.4 is 0 Å². The van der Waals surface area contributed by atoms with E-state index in [0.717, 1.165) is 12.0 Å². The van der Waals surface area contributed by atoms with E-state index in [0.29, 0.717) is 5.92 Å². The molecule has 0 N–H and O–H groups in total. The zero-order valence-electron chi connectivity index (χ0n) is 11.5. The molecule has 0 spiro atoms. The molecule has 0 aromatic carbocycles. The van der Waals surface area contributed by atoms with Crippen molar-refractivity contribution in [3.8, 4) is 59.2 Å². The molecule has 0 saturated heterocycles. The van der Waals surface area contributed by atoms with Gasteiger partial charge < -0.3 is 0 Å². The largest absolute Gasteiger partial charge is 0.265 e. The maximum absolute atomic E-state index is 4.01. The summed E-state index contributed by atoms with van der Waals surface area (Å²) in [6.45, 7) is 4.02. The topological polar surface area (TPSA) is 12.4 Å².